The Morgan fingerprint density at radius 1 is 1.07 bits per heavy atom. The Bertz CT molecular complexity index is 862. The molecule has 0 saturated heterocycles. The molecule has 0 unspecified atom stereocenters. The third kappa shape index (κ3) is 3.78. The third-order valence-corrected chi connectivity index (χ3v) is 5.39. The van der Waals surface area contributed by atoms with E-state index in [1.165, 1.54) is 22.4 Å². The average molecular weight is 364 g/mol. The maximum atomic E-state index is 11.9. The molecule has 2 aromatic carbocycles. The minimum Gasteiger partial charge on any atom is -0.462 e. The molecule has 0 amide bonds. The van der Waals surface area contributed by atoms with Crippen LogP contribution in [0.15, 0.2) is 48.5 Å². The first-order valence-corrected chi connectivity index (χ1v) is 9.73. The molecule has 2 aromatic rings. The van der Waals surface area contributed by atoms with Crippen molar-refractivity contribution in [3.63, 3.8) is 0 Å². The van der Waals surface area contributed by atoms with Gasteiger partial charge in [0.25, 0.3) is 0 Å². The Balaban J connectivity index is 1.95. The van der Waals surface area contributed by atoms with Crippen LogP contribution in [-0.4, -0.2) is 19.1 Å². The van der Waals surface area contributed by atoms with Crippen molar-refractivity contribution in [2.24, 2.45) is 0 Å². The van der Waals surface area contributed by atoms with Gasteiger partial charge in [-0.2, -0.15) is 0 Å². The molecule has 0 bridgehead atoms. The predicted molar refractivity (Wildman–Crippen MR) is 113 cm³/mol. The van der Waals surface area contributed by atoms with Gasteiger partial charge in [0.1, 0.15) is 0 Å². The van der Waals surface area contributed by atoms with E-state index >= 15 is 0 Å². The summed E-state index contributed by atoms with van der Waals surface area (Å²) >= 11 is 0. The lowest BCUT2D eigenvalue weighted by Gasteiger charge is -2.33. The van der Waals surface area contributed by atoms with E-state index in [1.807, 2.05) is 31.2 Å². The number of rotatable bonds is 5. The lowest BCUT2D eigenvalue weighted by Crippen LogP contribution is -2.23. The summed E-state index contributed by atoms with van der Waals surface area (Å²) in [5.41, 5.74) is 7.10. The second-order valence-corrected chi connectivity index (χ2v) is 7.72. The summed E-state index contributed by atoms with van der Waals surface area (Å²) in [6.07, 6.45) is 3.41. The summed E-state index contributed by atoms with van der Waals surface area (Å²) in [6, 6.07) is 14.4. The Morgan fingerprint density at radius 2 is 1.74 bits per heavy atom. The van der Waals surface area contributed by atoms with Crippen LogP contribution < -0.4 is 4.90 Å². The summed E-state index contributed by atoms with van der Waals surface area (Å²) in [6.45, 7) is 12.0. The second-order valence-electron chi connectivity index (χ2n) is 7.72. The number of nitrogens with zero attached hydrogens (tertiary/aromatic N) is 1. The number of benzene rings is 2. The van der Waals surface area contributed by atoms with Gasteiger partial charge in [-0.1, -0.05) is 26.0 Å². The van der Waals surface area contributed by atoms with Crippen LogP contribution >= 0.6 is 0 Å². The van der Waals surface area contributed by atoms with Gasteiger partial charge in [0.05, 0.1) is 12.2 Å². The molecule has 27 heavy (non-hydrogen) atoms. The van der Waals surface area contributed by atoms with Crippen LogP contribution in [0.3, 0.4) is 0 Å². The molecule has 0 N–H and O–H groups in total. The molecule has 0 aromatic heterocycles. The highest BCUT2D eigenvalue weighted by Gasteiger charge is 2.27. The minimum atomic E-state index is -0.273. The molecule has 142 valence electrons. The summed E-state index contributed by atoms with van der Waals surface area (Å²) in [4.78, 5) is 14.2. The number of allylic oxidation sites excluding steroid dienone is 2. The fourth-order valence-corrected chi connectivity index (χ4v) is 3.74. The molecule has 0 heterocycles. The first-order chi connectivity index (χ1) is 12.9. The minimum absolute atomic E-state index is 0.137. The molecule has 0 saturated carbocycles. The standard InChI is InChI=1S/C24H29NO2/c1-6-25(19-10-8-18(9-11-19)23(26)27-7-2)20-12-13-21-17(3)14-15-24(4,5)22(21)16-20/h8-14,16H,6-7,15H2,1-5H3. The number of esters is 1. The van der Waals surface area contributed by atoms with Gasteiger partial charge in [-0.3, -0.25) is 0 Å². The molecular weight excluding hydrogens is 334 g/mol. The van der Waals surface area contributed by atoms with Gasteiger partial charge in [0, 0.05) is 17.9 Å². The highest BCUT2D eigenvalue weighted by Crippen LogP contribution is 2.41. The zero-order valence-electron chi connectivity index (χ0n) is 17.0. The molecule has 3 heteroatoms. The quantitative estimate of drug-likeness (QED) is 0.601. The van der Waals surface area contributed by atoms with E-state index in [1.54, 1.807) is 0 Å². The summed E-state index contributed by atoms with van der Waals surface area (Å²) in [7, 11) is 0. The molecule has 1 aliphatic carbocycles. The van der Waals surface area contributed by atoms with Crippen molar-refractivity contribution < 1.29 is 9.53 Å². The SMILES string of the molecule is CCOC(=O)c1ccc(N(CC)c2ccc3c(c2)C(C)(C)CC=C3C)cc1. The highest BCUT2D eigenvalue weighted by atomic mass is 16.5. The molecule has 3 rings (SSSR count). The Labute approximate surface area is 162 Å². The van der Waals surface area contributed by atoms with Gasteiger partial charge in [-0.25, -0.2) is 4.79 Å². The first kappa shape index (κ1) is 19.2. The van der Waals surface area contributed by atoms with Crippen LogP contribution in [0.25, 0.3) is 5.57 Å². The van der Waals surface area contributed by atoms with Crippen LogP contribution in [-0.2, 0) is 10.2 Å². The van der Waals surface area contributed by atoms with Crippen LogP contribution in [0.1, 0.15) is 62.5 Å². The molecule has 0 aliphatic heterocycles. The zero-order valence-corrected chi connectivity index (χ0v) is 17.0. The monoisotopic (exact) mass is 363 g/mol. The smallest absolute Gasteiger partial charge is 0.338 e. The molecule has 0 atom stereocenters. The second kappa shape index (κ2) is 7.59. The largest absolute Gasteiger partial charge is 0.462 e. The topological polar surface area (TPSA) is 29.5 Å². The number of hydrogen-bond donors (Lipinski definition) is 0. The van der Waals surface area contributed by atoms with Gasteiger partial charge >= 0.3 is 5.97 Å². The van der Waals surface area contributed by atoms with Crippen LogP contribution in [0.5, 0.6) is 0 Å². The summed E-state index contributed by atoms with van der Waals surface area (Å²) in [5.74, 6) is -0.273. The summed E-state index contributed by atoms with van der Waals surface area (Å²) in [5, 5.41) is 0. The van der Waals surface area contributed by atoms with Crippen LogP contribution in [0.2, 0.25) is 0 Å². The maximum Gasteiger partial charge on any atom is 0.338 e. The number of hydrogen-bond acceptors (Lipinski definition) is 3. The zero-order chi connectivity index (χ0) is 19.6. The Hall–Kier alpha value is -2.55. The van der Waals surface area contributed by atoms with Crippen molar-refractivity contribution in [3.05, 3.63) is 65.2 Å². The molecule has 0 fully saturated rings. The highest BCUT2D eigenvalue weighted by molar-refractivity contribution is 5.90. The fourth-order valence-electron chi connectivity index (χ4n) is 3.74. The molecular formula is C24H29NO2. The molecule has 3 nitrogen and oxygen atoms in total. The molecule has 1 aliphatic rings. The van der Waals surface area contributed by atoms with Crippen molar-refractivity contribution in [1.82, 2.24) is 0 Å². The van der Waals surface area contributed by atoms with E-state index < -0.39 is 0 Å². The number of ether oxygens (including phenoxy) is 1. The van der Waals surface area contributed by atoms with E-state index in [9.17, 15) is 4.79 Å². The number of carbonyl (C=O) groups excluding carboxylic acids is 1. The van der Waals surface area contributed by atoms with Gasteiger partial charge in [-0.15, -0.1) is 0 Å². The van der Waals surface area contributed by atoms with Gasteiger partial charge in [0.15, 0.2) is 0 Å². The average Bonchev–Trinajstić information content (AvgIpc) is 2.66. The summed E-state index contributed by atoms with van der Waals surface area (Å²) < 4.78 is 5.08. The number of carbonyl (C=O) groups is 1. The Morgan fingerprint density at radius 3 is 2.37 bits per heavy atom. The van der Waals surface area contributed by atoms with Gasteiger partial charge < -0.3 is 9.64 Å². The number of fused-ring (bicyclic) bond motifs is 1. The van der Waals surface area contributed by atoms with Crippen molar-refractivity contribution >= 4 is 22.9 Å². The van der Waals surface area contributed by atoms with Crippen molar-refractivity contribution in [3.8, 4) is 0 Å². The van der Waals surface area contributed by atoms with E-state index in [0.29, 0.717) is 12.2 Å². The van der Waals surface area contributed by atoms with Crippen molar-refractivity contribution in [1.29, 1.82) is 0 Å². The predicted octanol–water partition coefficient (Wildman–Crippen LogP) is 6.11. The number of anilines is 2. The van der Waals surface area contributed by atoms with Crippen molar-refractivity contribution in [2.45, 2.75) is 46.5 Å². The van der Waals surface area contributed by atoms with E-state index in [-0.39, 0.29) is 11.4 Å². The van der Waals surface area contributed by atoms with Crippen molar-refractivity contribution in [2.75, 3.05) is 18.1 Å². The van der Waals surface area contributed by atoms with Crippen LogP contribution in [0.4, 0.5) is 11.4 Å². The lowest BCUT2D eigenvalue weighted by molar-refractivity contribution is 0.0526. The van der Waals surface area contributed by atoms with E-state index in [2.05, 4.69) is 56.9 Å². The Kier molecular flexibility index (Phi) is 5.41. The van der Waals surface area contributed by atoms with E-state index in [4.69, 9.17) is 4.74 Å². The third-order valence-electron chi connectivity index (χ3n) is 5.39. The van der Waals surface area contributed by atoms with Crippen LogP contribution in [0, 0.1) is 0 Å². The molecule has 0 radical (unpaired) electrons. The maximum absolute atomic E-state index is 11.9. The fraction of sp³-hybridized carbons (Fsp3) is 0.375. The van der Waals surface area contributed by atoms with Gasteiger partial charge in [0.2, 0.25) is 0 Å². The van der Waals surface area contributed by atoms with E-state index in [0.717, 1.165) is 18.7 Å². The van der Waals surface area contributed by atoms with Gasteiger partial charge in [-0.05, 0) is 85.7 Å². The first-order valence-electron chi connectivity index (χ1n) is 9.73. The molecule has 0 spiro atoms. The normalized spacial score (nSPS) is 14.9. The lowest BCUT2D eigenvalue weighted by atomic mass is 9.73.